The fraction of sp³-hybridized carbons (Fsp3) is 0.643. The second kappa shape index (κ2) is 6.01. The third-order valence-corrected chi connectivity index (χ3v) is 3.28. The van der Waals surface area contributed by atoms with Crippen LogP contribution in [0.4, 0.5) is 5.69 Å². The summed E-state index contributed by atoms with van der Waals surface area (Å²) in [7, 11) is 0. The van der Waals surface area contributed by atoms with Crippen molar-refractivity contribution >= 4 is 5.69 Å². The normalized spacial score (nSPS) is 20.2. The molecule has 0 saturated carbocycles. The SMILES string of the molecule is CC(C)CNCC1CCN(c2cccnc2)C1. The van der Waals surface area contributed by atoms with Crippen LogP contribution in [0, 0.1) is 11.8 Å². The molecule has 0 spiro atoms. The van der Waals surface area contributed by atoms with Crippen LogP contribution < -0.4 is 10.2 Å². The lowest BCUT2D eigenvalue weighted by molar-refractivity contribution is 0.477. The molecule has 1 aliphatic rings. The molecule has 1 N–H and O–H groups in total. The molecule has 1 aliphatic heterocycles. The van der Waals surface area contributed by atoms with Crippen LogP contribution in [0.2, 0.25) is 0 Å². The highest BCUT2D eigenvalue weighted by Gasteiger charge is 2.22. The van der Waals surface area contributed by atoms with Gasteiger partial charge in [-0.05, 0) is 43.5 Å². The number of hydrogen-bond donors (Lipinski definition) is 1. The molecular formula is C14H23N3. The number of anilines is 1. The maximum atomic E-state index is 4.18. The van der Waals surface area contributed by atoms with Gasteiger partial charge in [0.1, 0.15) is 0 Å². The van der Waals surface area contributed by atoms with Crippen LogP contribution in [0.5, 0.6) is 0 Å². The summed E-state index contributed by atoms with van der Waals surface area (Å²) in [4.78, 5) is 6.62. The monoisotopic (exact) mass is 233 g/mol. The van der Waals surface area contributed by atoms with Gasteiger partial charge in [-0.1, -0.05) is 13.8 Å². The van der Waals surface area contributed by atoms with E-state index in [4.69, 9.17) is 0 Å². The first-order valence-electron chi connectivity index (χ1n) is 6.61. The number of nitrogens with one attached hydrogen (secondary N) is 1. The Balaban J connectivity index is 1.76. The van der Waals surface area contributed by atoms with Crippen molar-refractivity contribution in [2.45, 2.75) is 20.3 Å². The van der Waals surface area contributed by atoms with Crippen molar-refractivity contribution in [3.8, 4) is 0 Å². The Bertz CT molecular complexity index is 323. The minimum absolute atomic E-state index is 0.742. The highest BCUT2D eigenvalue weighted by molar-refractivity contribution is 5.44. The summed E-state index contributed by atoms with van der Waals surface area (Å²) in [5, 5.41) is 3.56. The number of rotatable bonds is 5. The van der Waals surface area contributed by atoms with E-state index in [1.807, 2.05) is 18.5 Å². The van der Waals surface area contributed by atoms with Gasteiger partial charge in [0.15, 0.2) is 0 Å². The van der Waals surface area contributed by atoms with E-state index in [1.165, 1.54) is 18.7 Å². The van der Waals surface area contributed by atoms with E-state index < -0.39 is 0 Å². The third-order valence-electron chi connectivity index (χ3n) is 3.28. The quantitative estimate of drug-likeness (QED) is 0.844. The Hall–Kier alpha value is -1.09. The molecule has 3 heteroatoms. The van der Waals surface area contributed by atoms with Crippen molar-refractivity contribution in [2.24, 2.45) is 11.8 Å². The second-order valence-corrected chi connectivity index (χ2v) is 5.36. The summed E-state index contributed by atoms with van der Waals surface area (Å²) in [5.41, 5.74) is 1.26. The zero-order valence-corrected chi connectivity index (χ0v) is 10.9. The van der Waals surface area contributed by atoms with Gasteiger partial charge in [-0.2, -0.15) is 0 Å². The number of aromatic nitrogens is 1. The molecule has 0 bridgehead atoms. The molecule has 2 rings (SSSR count). The standard InChI is InChI=1S/C14H23N3/c1-12(2)8-16-9-13-5-7-17(11-13)14-4-3-6-15-10-14/h3-4,6,10,12-13,16H,5,7-9,11H2,1-2H3. The molecule has 0 amide bonds. The second-order valence-electron chi connectivity index (χ2n) is 5.36. The van der Waals surface area contributed by atoms with Crippen LogP contribution >= 0.6 is 0 Å². The molecule has 1 saturated heterocycles. The molecule has 17 heavy (non-hydrogen) atoms. The maximum Gasteiger partial charge on any atom is 0.0552 e. The van der Waals surface area contributed by atoms with Gasteiger partial charge in [-0.15, -0.1) is 0 Å². The molecule has 0 aliphatic carbocycles. The molecule has 1 aromatic heterocycles. The lowest BCUT2D eigenvalue weighted by atomic mass is 10.1. The first-order valence-corrected chi connectivity index (χ1v) is 6.61. The molecule has 1 unspecified atom stereocenters. The van der Waals surface area contributed by atoms with Gasteiger partial charge >= 0.3 is 0 Å². The summed E-state index contributed by atoms with van der Waals surface area (Å²) in [6, 6.07) is 4.16. The van der Waals surface area contributed by atoms with Crippen LogP contribution in [0.15, 0.2) is 24.5 Å². The first kappa shape index (κ1) is 12.4. The first-order chi connectivity index (χ1) is 8.25. The molecular weight excluding hydrogens is 210 g/mol. The fourth-order valence-electron chi connectivity index (χ4n) is 2.35. The number of hydrogen-bond acceptors (Lipinski definition) is 3. The molecule has 1 atom stereocenters. The molecule has 94 valence electrons. The van der Waals surface area contributed by atoms with Gasteiger partial charge in [-0.3, -0.25) is 4.98 Å². The Morgan fingerprint density at radius 1 is 1.53 bits per heavy atom. The van der Waals surface area contributed by atoms with Crippen molar-refractivity contribution in [3.05, 3.63) is 24.5 Å². The van der Waals surface area contributed by atoms with Crippen molar-refractivity contribution in [1.82, 2.24) is 10.3 Å². The largest absolute Gasteiger partial charge is 0.370 e. The van der Waals surface area contributed by atoms with Gasteiger partial charge < -0.3 is 10.2 Å². The zero-order valence-electron chi connectivity index (χ0n) is 10.9. The topological polar surface area (TPSA) is 28.2 Å². The molecule has 0 radical (unpaired) electrons. The van der Waals surface area contributed by atoms with E-state index in [-0.39, 0.29) is 0 Å². The summed E-state index contributed by atoms with van der Waals surface area (Å²) in [6.07, 6.45) is 5.09. The smallest absolute Gasteiger partial charge is 0.0552 e. The van der Waals surface area contributed by atoms with Crippen molar-refractivity contribution in [3.63, 3.8) is 0 Å². The van der Waals surface area contributed by atoms with Gasteiger partial charge in [-0.25, -0.2) is 0 Å². The Labute approximate surface area is 104 Å². The molecule has 2 heterocycles. The van der Waals surface area contributed by atoms with Crippen molar-refractivity contribution < 1.29 is 0 Å². The van der Waals surface area contributed by atoms with E-state index in [2.05, 4.69) is 35.1 Å². The van der Waals surface area contributed by atoms with Gasteiger partial charge in [0.25, 0.3) is 0 Å². The molecule has 0 aromatic carbocycles. The third kappa shape index (κ3) is 3.70. The van der Waals surface area contributed by atoms with E-state index in [0.717, 1.165) is 31.5 Å². The lowest BCUT2D eigenvalue weighted by Crippen LogP contribution is -2.28. The van der Waals surface area contributed by atoms with Crippen LogP contribution in [0.3, 0.4) is 0 Å². The fourth-order valence-corrected chi connectivity index (χ4v) is 2.35. The van der Waals surface area contributed by atoms with E-state index in [9.17, 15) is 0 Å². The highest BCUT2D eigenvalue weighted by atomic mass is 15.2. The van der Waals surface area contributed by atoms with Crippen LogP contribution in [0.1, 0.15) is 20.3 Å². The van der Waals surface area contributed by atoms with E-state index in [1.54, 1.807) is 0 Å². The summed E-state index contributed by atoms with van der Waals surface area (Å²) in [5.74, 6) is 1.53. The Morgan fingerprint density at radius 3 is 3.12 bits per heavy atom. The summed E-state index contributed by atoms with van der Waals surface area (Å²) < 4.78 is 0. The van der Waals surface area contributed by atoms with Crippen molar-refractivity contribution in [1.29, 1.82) is 0 Å². The van der Waals surface area contributed by atoms with Crippen LogP contribution in [0.25, 0.3) is 0 Å². The minimum atomic E-state index is 0.742. The number of pyridine rings is 1. The Kier molecular flexibility index (Phi) is 4.37. The van der Waals surface area contributed by atoms with Crippen LogP contribution in [-0.2, 0) is 0 Å². The summed E-state index contributed by atoms with van der Waals surface area (Å²) in [6.45, 7) is 9.11. The predicted molar refractivity (Wildman–Crippen MR) is 72.3 cm³/mol. The molecule has 1 aromatic rings. The highest BCUT2D eigenvalue weighted by Crippen LogP contribution is 2.22. The average Bonchev–Trinajstić information content (AvgIpc) is 2.78. The predicted octanol–water partition coefficient (Wildman–Crippen LogP) is 2.15. The van der Waals surface area contributed by atoms with E-state index in [0.29, 0.717) is 0 Å². The number of nitrogens with zero attached hydrogens (tertiary/aromatic N) is 2. The minimum Gasteiger partial charge on any atom is -0.370 e. The molecule has 1 fully saturated rings. The maximum absolute atomic E-state index is 4.18. The van der Waals surface area contributed by atoms with Crippen molar-refractivity contribution in [2.75, 3.05) is 31.1 Å². The lowest BCUT2D eigenvalue weighted by Gasteiger charge is -2.18. The van der Waals surface area contributed by atoms with Crippen LogP contribution in [-0.4, -0.2) is 31.2 Å². The van der Waals surface area contributed by atoms with Gasteiger partial charge in [0.2, 0.25) is 0 Å². The molecule has 3 nitrogen and oxygen atoms in total. The zero-order chi connectivity index (χ0) is 12.1. The van der Waals surface area contributed by atoms with Gasteiger partial charge in [0, 0.05) is 19.3 Å². The summed E-state index contributed by atoms with van der Waals surface area (Å²) >= 11 is 0. The average molecular weight is 233 g/mol. The van der Waals surface area contributed by atoms with E-state index >= 15 is 0 Å². The Morgan fingerprint density at radius 2 is 2.41 bits per heavy atom. The van der Waals surface area contributed by atoms with Gasteiger partial charge in [0.05, 0.1) is 11.9 Å².